The molecule has 0 aliphatic carbocycles. The lowest BCUT2D eigenvalue weighted by molar-refractivity contribution is 0.0299. The topological polar surface area (TPSA) is 57.8 Å². The van der Waals surface area contributed by atoms with Gasteiger partial charge in [-0.25, -0.2) is 0 Å². The fourth-order valence-corrected chi connectivity index (χ4v) is 4.44. The van der Waals surface area contributed by atoms with E-state index >= 15 is 0 Å². The van der Waals surface area contributed by atoms with Crippen molar-refractivity contribution in [2.45, 2.75) is 13.5 Å². The van der Waals surface area contributed by atoms with Crippen molar-refractivity contribution in [3.8, 4) is 0 Å². The van der Waals surface area contributed by atoms with Gasteiger partial charge in [0.05, 0.1) is 36.6 Å². The maximum absolute atomic E-state index is 12.7. The normalized spacial score (nSPS) is 20.0. The minimum absolute atomic E-state index is 0.0803. The smallest absolute Gasteiger partial charge is 0.270 e. The van der Waals surface area contributed by atoms with Gasteiger partial charge in [0.25, 0.3) is 5.91 Å². The van der Waals surface area contributed by atoms with Crippen molar-refractivity contribution in [1.82, 2.24) is 14.8 Å². The van der Waals surface area contributed by atoms with Gasteiger partial charge in [0, 0.05) is 43.2 Å². The molecule has 130 valence electrons. The van der Waals surface area contributed by atoms with E-state index in [1.54, 1.807) is 11.3 Å². The summed E-state index contributed by atoms with van der Waals surface area (Å²) in [6, 6.07) is 2.01. The second-order valence-electron chi connectivity index (χ2n) is 6.35. The summed E-state index contributed by atoms with van der Waals surface area (Å²) >= 11 is 1.77. The lowest BCUT2D eigenvalue weighted by Crippen LogP contribution is -2.40. The first-order valence-electron chi connectivity index (χ1n) is 8.50. The Morgan fingerprint density at radius 3 is 2.54 bits per heavy atom. The van der Waals surface area contributed by atoms with Crippen LogP contribution in [0.25, 0.3) is 10.2 Å². The standard InChI is InChI=1S/C17H23N3O3S/c1-12-13(11-19-2-6-22-7-3-19)16-15(24-12)10-14(18-16)17(21)20-4-8-23-9-5-20/h10,18H,2-9,11H2,1H3. The summed E-state index contributed by atoms with van der Waals surface area (Å²) in [5.74, 6) is 0.0803. The molecule has 2 saturated heterocycles. The van der Waals surface area contributed by atoms with E-state index < -0.39 is 0 Å². The number of H-pyrrole nitrogens is 1. The molecule has 0 atom stereocenters. The number of nitrogens with one attached hydrogen (secondary N) is 1. The predicted molar refractivity (Wildman–Crippen MR) is 93.7 cm³/mol. The minimum Gasteiger partial charge on any atom is -0.379 e. The molecule has 1 N–H and O–H groups in total. The fourth-order valence-electron chi connectivity index (χ4n) is 3.37. The van der Waals surface area contributed by atoms with Crippen LogP contribution in [0.2, 0.25) is 0 Å². The molecule has 0 spiro atoms. The summed E-state index contributed by atoms with van der Waals surface area (Å²) < 4.78 is 11.9. The van der Waals surface area contributed by atoms with Gasteiger partial charge < -0.3 is 19.4 Å². The van der Waals surface area contributed by atoms with E-state index in [0.29, 0.717) is 32.0 Å². The van der Waals surface area contributed by atoms with Gasteiger partial charge in [0.15, 0.2) is 0 Å². The van der Waals surface area contributed by atoms with Gasteiger partial charge >= 0.3 is 0 Å². The molecule has 2 aliphatic heterocycles. The lowest BCUT2D eigenvalue weighted by Gasteiger charge is -2.27. The largest absolute Gasteiger partial charge is 0.379 e. The quantitative estimate of drug-likeness (QED) is 0.919. The van der Waals surface area contributed by atoms with E-state index in [1.165, 1.54) is 15.1 Å². The van der Waals surface area contributed by atoms with E-state index in [0.717, 1.165) is 38.4 Å². The molecule has 4 rings (SSSR count). The van der Waals surface area contributed by atoms with Crippen molar-refractivity contribution in [2.24, 2.45) is 0 Å². The average molecular weight is 349 g/mol. The number of thiophene rings is 1. The molecule has 2 aromatic heterocycles. The zero-order chi connectivity index (χ0) is 16.5. The van der Waals surface area contributed by atoms with Gasteiger partial charge in [-0.15, -0.1) is 11.3 Å². The first-order chi connectivity index (χ1) is 11.7. The first-order valence-corrected chi connectivity index (χ1v) is 9.32. The van der Waals surface area contributed by atoms with Gasteiger partial charge in [-0.05, 0) is 13.0 Å². The van der Waals surface area contributed by atoms with Crippen LogP contribution in [0.4, 0.5) is 0 Å². The molecule has 6 nitrogen and oxygen atoms in total. The third-order valence-corrected chi connectivity index (χ3v) is 5.88. The van der Waals surface area contributed by atoms with Gasteiger partial charge in [-0.2, -0.15) is 0 Å². The highest BCUT2D eigenvalue weighted by Gasteiger charge is 2.23. The van der Waals surface area contributed by atoms with Gasteiger partial charge in [-0.1, -0.05) is 0 Å². The number of carbonyl (C=O) groups excluding carboxylic acids is 1. The second kappa shape index (κ2) is 6.84. The number of rotatable bonds is 3. The molecule has 0 unspecified atom stereocenters. The highest BCUT2D eigenvalue weighted by molar-refractivity contribution is 7.19. The van der Waals surface area contributed by atoms with Crippen LogP contribution in [0, 0.1) is 6.92 Å². The average Bonchev–Trinajstić information content (AvgIpc) is 3.15. The van der Waals surface area contributed by atoms with Crippen molar-refractivity contribution in [3.05, 3.63) is 22.2 Å². The number of nitrogens with zero attached hydrogens (tertiary/aromatic N) is 2. The number of fused-ring (bicyclic) bond motifs is 1. The summed E-state index contributed by atoms with van der Waals surface area (Å²) in [5, 5.41) is 0. The number of aromatic amines is 1. The van der Waals surface area contributed by atoms with Crippen molar-refractivity contribution in [3.63, 3.8) is 0 Å². The van der Waals surface area contributed by atoms with Crippen LogP contribution >= 0.6 is 11.3 Å². The summed E-state index contributed by atoms with van der Waals surface area (Å²) in [6.45, 7) is 9.23. The number of aryl methyl sites for hydroxylation is 1. The van der Waals surface area contributed by atoms with E-state index in [4.69, 9.17) is 9.47 Å². The Labute approximate surface area is 145 Å². The van der Waals surface area contributed by atoms with Gasteiger partial charge in [-0.3, -0.25) is 9.69 Å². The third-order valence-electron chi connectivity index (χ3n) is 4.79. The fraction of sp³-hybridized carbons (Fsp3) is 0.588. The highest BCUT2D eigenvalue weighted by Crippen LogP contribution is 2.32. The number of carbonyl (C=O) groups is 1. The van der Waals surface area contributed by atoms with Crippen LogP contribution in [0.15, 0.2) is 6.07 Å². The van der Waals surface area contributed by atoms with Crippen LogP contribution in [0.5, 0.6) is 0 Å². The first kappa shape index (κ1) is 16.1. The SMILES string of the molecule is Cc1sc2cc(C(=O)N3CCOCC3)[nH]c2c1CN1CCOCC1. The number of hydrogen-bond donors (Lipinski definition) is 1. The van der Waals surface area contributed by atoms with Crippen LogP contribution in [0.1, 0.15) is 20.9 Å². The van der Waals surface area contributed by atoms with Crippen LogP contribution < -0.4 is 0 Å². The summed E-state index contributed by atoms with van der Waals surface area (Å²) in [4.78, 5) is 21.7. The molecule has 24 heavy (non-hydrogen) atoms. The Morgan fingerprint density at radius 2 is 1.83 bits per heavy atom. The van der Waals surface area contributed by atoms with Gasteiger partial charge in [0.2, 0.25) is 0 Å². The highest BCUT2D eigenvalue weighted by atomic mass is 32.1. The van der Waals surface area contributed by atoms with E-state index in [-0.39, 0.29) is 5.91 Å². The molecule has 4 heterocycles. The number of hydrogen-bond acceptors (Lipinski definition) is 5. The van der Waals surface area contributed by atoms with E-state index in [9.17, 15) is 4.79 Å². The minimum atomic E-state index is 0.0803. The van der Waals surface area contributed by atoms with Crippen LogP contribution in [0.3, 0.4) is 0 Å². The molecule has 0 saturated carbocycles. The molecular formula is C17H23N3O3S. The third kappa shape index (κ3) is 3.09. The lowest BCUT2D eigenvalue weighted by atomic mass is 10.2. The second-order valence-corrected chi connectivity index (χ2v) is 7.61. The molecule has 0 aromatic carbocycles. The van der Waals surface area contributed by atoms with Crippen molar-refractivity contribution < 1.29 is 14.3 Å². The molecule has 1 amide bonds. The molecule has 7 heteroatoms. The van der Waals surface area contributed by atoms with E-state index in [2.05, 4.69) is 16.8 Å². The van der Waals surface area contributed by atoms with Crippen molar-refractivity contribution in [2.75, 3.05) is 52.6 Å². The molecule has 2 aliphatic rings. The number of amides is 1. The van der Waals surface area contributed by atoms with E-state index in [1.807, 2.05) is 11.0 Å². The molecule has 2 aromatic rings. The van der Waals surface area contributed by atoms with Crippen molar-refractivity contribution in [1.29, 1.82) is 0 Å². The molecule has 0 bridgehead atoms. The molecule has 0 radical (unpaired) electrons. The van der Waals surface area contributed by atoms with Crippen molar-refractivity contribution >= 4 is 27.5 Å². The predicted octanol–water partition coefficient (Wildman–Crippen LogP) is 1.84. The maximum atomic E-state index is 12.7. The zero-order valence-corrected chi connectivity index (χ0v) is 14.8. The number of aromatic nitrogens is 1. The van der Waals surface area contributed by atoms with Gasteiger partial charge in [0.1, 0.15) is 5.69 Å². The Morgan fingerprint density at radius 1 is 1.17 bits per heavy atom. The Bertz CT molecular complexity index is 727. The molecular weight excluding hydrogens is 326 g/mol. The monoisotopic (exact) mass is 349 g/mol. The summed E-state index contributed by atoms with van der Waals surface area (Å²) in [5.41, 5.74) is 3.14. The number of morpholine rings is 2. The summed E-state index contributed by atoms with van der Waals surface area (Å²) in [7, 11) is 0. The molecule has 2 fully saturated rings. The van der Waals surface area contributed by atoms with Crippen LogP contribution in [-0.4, -0.2) is 73.3 Å². The Hall–Kier alpha value is -1.41. The zero-order valence-electron chi connectivity index (χ0n) is 14.0. The Balaban J connectivity index is 1.57. The Kier molecular flexibility index (Phi) is 4.58. The maximum Gasteiger partial charge on any atom is 0.270 e. The van der Waals surface area contributed by atoms with Crippen LogP contribution in [-0.2, 0) is 16.0 Å². The summed E-state index contributed by atoms with van der Waals surface area (Å²) in [6.07, 6.45) is 0. The number of ether oxygens (including phenoxy) is 2.